The van der Waals surface area contributed by atoms with Crippen molar-refractivity contribution >= 4 is 5.97 Å². The van der Waals surface area contributed by atoms with Crippen molar-refractivity contribution in [2.24, 2.45) is 5.92 Å². The summed E-state index contributed by atoms with van der Waals surface area (Å²) in [4.78, 5) is 10.7. The molecule has 0 aliphatic heterocycles. The second kappa shape index (κ2) is 5.72. The Morgan fingerprint density at radius 3 is 2.73 bits per heavy atom. The van der Waals surface area contributed by atoms with E-state index in [-0.39, 0.29) is 18.3 Å². The minimum atomic E-state index is -0.301. The van der Waals surface area contributed by atoms with Crippen molar-refractivity contribution in [3.63, 3.8) is 0 Å². The van der Waals surface area contributed by atoms with Crippen LogP contribution in [0.2, 0.25) is 0 Å². The Labute approximate surface area is 67.0 Å². The Morgan fingerprint density at radius 1 is 1.73 bits per heavy atom. The Morgan fingerprint density at radius 2 is 2.36 bits per heavy atom. The minimum Gasteiger partial charge on any atom is -0.469 e. The molecule has 0 aromatic rings. The third-order valence-corrected chi connectivity index (χ3v) is 1.46. The second-order valence-corrected chi connectivity index (χ2v) is 2.39. The highest BCUT2D eigenvalue weighted by atomic mass is 16.5. The lowest BCUT2D eigenvalue weighted by atomic mass is 10.0. The van der Waals surface area contributed by atoms with Crippen molar-refractivity contribution in [2.75, 3.05) is 7.11 Å². The van der Waals surface area contributed by atoms with Crippen molar-refractivity contribution in [2.45, 2.75) is 26.2 Å². The van der Waals surface area contributed by atoms with Crippen molar-refractivity contribution in [1.29, 1.82) is 5.26 Å². The van der Waals surface area contributed by atoms with Crippen LogP contribution in [-0.4, -0.2) is 13.1 Å². The molecule has 0 rings (SSSR count). The average Bonchev–Trinajstić information content (AvgIpc) is 2.03. The van der Waals surface area contributed by atoms with E-state index in [4.69, 9.17) is 5.26 Å². The van der Waals surface area contributed by atoms with E-state index in [0.29, 0.717) is 0 Å². The van der Waals surface area contributed by atoms with Gasteiger partial charge in [-0.25, -0.2) is 0 Å². The number of hydrogen-bond acceptors (Lipinski definition) is 3. The predicted octanol–water partition coefficient (Wildman–Crippen LogP) is 1.49. The van der Waals surface area contributed by atoms with Gasteiger partial charge in [-0.05, 0) is 6.42 Å². The number of ether oxygens (including phenoxy) is 1. The maximum absolute atomic E-state index is 10.7. The molecule has 0 aromatic carbocycles. The molecule has 0 aromatic heterocycles. The summed E-state index contributed by atoms with van der Waals surface area (Å²) in [5, 5.41) is 8.54. The summed E-state index contributed by atoms with van der Waals surface area (Å²) in [6.45, 7) is 1.99. The third-order valence-electron chi connectivity index (χ3n) is 1.46. The van der Waals surface area contributed by atoms with Crippen LogP contribution in [0.15, 0.2) is 0 Å². The second-order valence-electron chi connectivity index (χ2n) is 2.39. The lowest BCUT2D eigenvalue weighted by Gasteiger charge is -2.03. The van der Waals surface area contributed by atoms with Crippen LogP contribution in [0.1, 0.15) is 26.2 Å². The van der Waals surface area contributed by atoms with E-state index in [1.165, 1.54) is 7.11 Å². The van der Waals surface area contributed by atoms with Crippen LogP contribution in [0.4, 0.5) is 0 Å². The summed E-state index contributed by atoms with van der Waals surface area (Å²) < 4.78 is 4.44. The molecule has 0 saturated heterocycles. The number of nitriles is 1. The van der Waals surface area contributed by atoms with Crippen molar-refractivity contribution in [1.82, 2.24) is 0 Å². The number of carbonyl (C=O) groups is 1. The van der Waals surface area contributed by atoms with E-state index in [2.05, 4.69) is 10.8 Å². The van der Waals surface area contributed by atoms with Gasteiger partial charge in [0.05, 0.1) is 25.5 Å². The van der Waals surface area contributed by atoms with Crippen LogP contribution < -0.4 is 0 Å². The average molecular weight is 155 g/mol. The Kier molecular flexibility index (Phi) is 5.18. The van der Waals surface area contributed by atoms with Crippen molar-refractivity contribution in [3.05, 3.63) is 0 Å². The summed E-state index contributed by atoms with van der Waals surface area (Å²) in [6.07, 6.45) is 1.92. The van der Waals surface area contributed by atoms with Gasteiger partial charge in [0.25, 0.3) is 0 Å². The van der Waals surface area contributed by atoms with Gasteiger partial charge in [-0.15, -0.1) is 0 Å². The molecule has 0 aliphatic rings. The summed E-state index contributed by atoms with van der Waals surface area (Å²) in [6, 6.07) is 2.07. The van der Waals surface area contributed by atoms with Gasteiger partial charge in [0.2, 0.25) is 0 Å². The lowest BCUT2D eigenvalue weighted by Crippen LogP contribution is -2.07. The van der Waals surface area contributed by atoms with E-state index < -0.39 is 0 Å². The van der Waals surface area contributed by atoms with E-state index in [0.717, 1.165) is 12.8 Å². The van der Waals surface area contributed by atoms with Gasteiger partial charge in [-0.2, -0.15) is 5.26 Å². The zero-order chi connectivity index (χ0) is 8.69. The first-order chi connectivity index (χ1) is 5.24. The molecule has 0 saturated carbocycles. The molecule has 0 unspecified atom stereocenters. The molecule has 0 aliphatic carbocycles. The van der Waals surface area contributed by atoms with Gasteiger partial charge in [-0.1, -0.05) is 13.3 Å². The van der Waals surface area contributed by atoms with E-state index in [1.807, 2.05) is 6.92 Å². The molecule has 1 atom stereocenters. The normalized spacial score (nSPS) is 11.7. The van der Waals surface area contributed by atoms with Crippen LogP contribution in [0, 0.1) is 17.2 Å². The maximum atomic E-state index is 10.7. The zero-order valence-electron chi connectivity index (χ0n) is 6.96. The van der Waals surface area contributed by atoms with Crippen molar-refractivity contribution < 1.29 is 9.53 Å². The molecule has 3 nitrogen and oxygen atoms in total. The molecule has 11 heavy (non-hydrogen) atoms. The third kappa shape index (κ3) is 4.38. The van der Waals surface area contributed by atoms with Crippen LogP contribution in [0.25, 0.3) is 0 Å². The molecule has 0 fully saturated rings. The van der Waals surface area contributed by atoms with Crippen LogP contribution >= 0.6 is 0 Å². The fourth-order valence-corrected chi connectivity index (χ4v) is 0.845. The van der Waals surface area contributed by atoms with Gasteiger partial charge >= 0.3 is 5.97 Å². The van der Waals surface area contributed by atoms with Crippen molar-refractivity contribution in [3.8, 4) is 6.07 Å². The first-order valence-corrected chi connectivity index (χ1v) is 3.71. The first-order valence-electron chi connectivity index (χ1n) is 3.71. The molecule has 0 amide bonds. The van der Waals surface area contributed by atoms with Crippen LogP contribution in [0.5, 0.6) is 0 Å². The predicted molar refractivity (Wildman–Crippen MR) is 40.6 cm³/mol. The number of esters is 1. The minimum absolute atomic E-state index is 0.174. The quantitative estimate of drug-likeness (QED) is 0.578. The standard InChI is InChI=1S/C8H13NO2/c1-3-4-7(6-9)5-8(10)11-2/h7H,3-5H2,1-2H3/t7-/m0/s1. The molecule has 0 radical (unpaired) electrons. The zero-order valence-corrected chi connectivity index (χ0v) is 6.96. The lowest BCUT2D eigenvalue weighted by molar-refractivity contribution is -0.141. The molecular weight excluding hydrogens is 142 g/mol. The monoisotopic (exact) mass is 155 g/mol. The SMILES string of the molecule is CCC[C@H](C#N)CC(=O)OC. The summed E-state index contributed by atoms with van der Waals surface area (Å²) >= 11 is 0. The number of methoxy groups -OCH3 is 1. The van der Waals surface area contributed by atoms with E-state index in [9.17, 15) is 4.79 Å². The van der Waals surface area contributed by atoms with Gasteiger partial charge in [0, 0.05) is 0 Å². The topological polar surface area (TPSA) is 50.1 Å². The van der Waals surface area contributed by atoms with Gasteiger partial charge < -0.3 is 4.74 Å². The largest absolute Gasteiger partial charge is 0.469 e. The fraction of sp³-hybridized carbons (Fsp3) is 0.750. The van der Waals surface area contributed by atoms with Gasteiger partial charge in [0.1, 0.15) is 0 Å². The maximum Gasteiger partial charge on any atom is 0.306 e. The molecule has 0 heterocycles. The van der Waals surface area contributed by atoms with Gasteiger partial charge in [0.15, 0.2) is 0 Å². The molecule has 0 spiro atoms. The molecule has 0 bridgehead atoms. The molecular formula is C8H13NO2. The van der Waals surface area contributed by atoms with Crippen LogP contribution in [-0.2, 0) is 9.53 Å². The van der Waals surface area contributed by atoms with Gasteiger partial charge in [-0.3, -0.25) is 4.79 Å². The highest BCUT2D eigenvalue weighted by Gasteiger charge is 2.11. The fourth-order valence-electron chi connectivity index (χ4n) is 0.845. The molecule has 62 valence electrons. The Bertz CT molecular complexity index is 160. The van der Waals surface area contributed by atoms with Crippen LogP contribution in [0.3, 0.4) is 0 Å². The highest BCUT2D eigenvalue weighted by molar-refractivity contribution is 5.69. The number of nitrogens with zero attached hydrogens (tertiary/aromatic N) is 1. The smallest absolute Gasteiger partial charge is 0.306 e. The Hall–Kier alpha value is -1.04. The Balaban J connectivity index is 3.70. The number of carbonyl (C=O) groups excluding carboxylic acids is 1. The number of hydrogen-bond donors (Lipinski definition) is 0. The molecule has 3 heteroatoms. The molecule has 0 N–H and O–H groups in total. The first kappa shape index (κ1) is 9.96. The summed E-state index contributed by atoms with van der Waals surface area (Å²) in [5.41, 5.74) is 0. The summed E-state index contributed by atoms with van der Waals surface area (Å²) in [7, 11) is 1.34. The highest BCUT2D eigenvalue weighted by Crippen LogP contribution is 2.09. The van der Waals surface area contributed by atoms with E-state index in [1.54, 1.807) is 0 Å². The number of rotatable bonds is 4. The summed E-state index contributed by atoms with van der Waals surface area (Å²) in [5.74, 6) is -0.475. The van der Waals surface area contributed by atoms with E-state index >= 15 is 0 Å².